The van der Waals surface area contributed by atoms with Crippen molar-refractivity contribution in [3.8, 4) is 0 Å². The monoisotopic (exact) mass is 302 g/mol. The number of ether oxygens (including phenoxy) is 1. The summed E-state index contributed by atoms with van der Waals surface area (Å²) in [4.78, 5) is 10.7. The minimum absolute atomic E-state index is 0. The first-order chi connectivity index (χ1) is 8.65. The fourth-order valence-corrected chi connectivity index (χ4v) is 1.64. The van der Waals surface area contributed by atoms with Gasteiger partial charge in [0.05, 0.1) is 6.61 Å². The van der Waals surface area contributed by atoms with E-state index in [1.165, 1.54) is 6.92 Å². The molecule has 1 N–H and O–H groups in total. The maximum Gasteiger partial charge on any atom is 0.302 e. The van der Waals surface area contributed by atoms with Crippen LogP contribution < -0.4 is 0 Å². The molecule has 0 unspecified atom stereocenters. The SMILES string of the molecule is CC(=O)O[C@@H](C)[C]1[CH][CH][CH][C]1CO.[CH]1[CH][CH][CH][CH]1.[Fe]. The molecule has 1 atom stereocenters. The quantitative estimate of drug-likeness (QED) is 0.638. The van der Waals surface area contributed by atoms with Gasteiger partial charge in [0.1, 0.15) is 6.10 Å². The molecule has 19 heavy (non-hydrogen) atoms. The second-order valence-electron chi connectivity index (χ2n) is 3.88. The van der Waals surface area contributed by atoms with E-state index in [9.17, 15) is 4.79 Å². The summed E-state index contributed by atoms with van der Waals surface area (Å²) in [6, 6.07) is 0. The zero-order valence-corrected chi connectivity index (χ0v) is 12.1. The third-order valence-electron chi connectivity index (χ3n) is 2.45. The normalized spacial score (nSPS) is 21.2. The molecule has 2 fully saturated rings. The van der Waals surface area contributed by atoms with E-state index in [2.05, 4.69) is 0 Å². The Morgan fingerprint density at radius 3 is 2.11 bits per heavy atom. The van der Waals surface area contributed by atoms with Gasteiger partial charge in [-0.3, -0.25) is 4.79 Å². The first-order valence-electron chi connectivity index (χ1n) is 5.84. The van der Waals surface area contributed by atoms with Crippen LogP contribution in [-0.2, 0) is 26.6 Å². The molecule has 104 valence electrons. The smallest absolute Gasteiger partial charge is 0.302 e. The van der Waals surface area contributed by atoms with Gasteiger partial charge >= 0.3 is 5.97 Å². The van der Waals surface area contributed by atoms with Crippen LogP contribution in [0, 0.1) is 63.2 Å². The van der Waals surface area contributed by atoms with Crippen LogP contribution in [0.2, 0.25) is 0 Å². The van der Waals surface area contributed by atoms with E-state index in [-0.39, 0.29) is 35.7 Å². The second kappa shape index (κ2) is 10.7. The molecule has 0 amide bonds. The molecule has 0 heterocycles. The Labute approximate surface area is 128 Å². The molecule has 2 rings (SSSR count). The molecule has 2 saturated carbocycles. The summed E-state index contributed by atoms with van der Waals surface area (Å²) in [5.41, 5.74) is 0. The Kier molecular flexibility index (Phi) is 10.7. The number of carbonyl (C=O) groups excluding carboxylic acids is 1. The Balaban J connectivity index is 0.000000454. The molecule has 0 bridgehead atoms. The van der Waals surface area contributed by atoms with Crippen molar-refractivity contribution in [3.63, 3.8) is 0 Å². The van der Waals surface area contributed by atoms with E-state index in [1.807, 2.05) is 51.4 Å². The van der Waals surface area contributed by atoms with Crippen LogP contribution in [0.15, 0.2) is 0 Å². The molecule has 0 aliphatic heterocycles. The van der Waals surface area contributed by atoms with E-state index in [0.29, 0.717) is 0 Å². The van der Waals surface area contributed by atoms with Crippen molar-refractivity contribution < 1.29 is 31.7 Å². The van der Waals surface area contributed by atoms with Gasteiger partial charge < -0.3 is 9.84 Å². The van der Waals surface area contributed by atoms with E-state index in [0.717, 1.165) is 11.8 Å². The molecular formula is C15H18FeO3. The molecule has 0 aromatic carbocycles. The molecule has 2 aliphatic carbocycles. The predicted molar refractivity (Wildman–Crippen MR) is 69.2 cm³/mol. The van der Waals surface area contributed by atoms with Crippen molar-refractivity contribution in [3.05, 3.63) is 63.2 Å². The van der Waals surface area contributed by atoms with Crippen LogP contribution in [0.1, 0.15) is 13.8 Å². The van der Waals surface area contributed by atoms with Gasteiger partial charge in [0.25, 0.3) is 0 Å². The fourth-order valence-electron chi connectivity index (χ4n) is 1.64. The maximum atomic E-state index is 10.7. The summed E-state index contributed by atoms with van der Waals surface area (Å²) in [5, 5.41) is 8.95. The zero-order chi connectivity index (χ0) is 13.4. The summed E-state index contributed by atoms with van der Waals surface area (Å²) in [6.07, 6.45) is 15.2. The zero-order valence-electron chi connectivity index (χ0n) is 11.0. The van der Waals surface area contributed by atoms with Gasteiger partial charge in [0.15, 0.2) is 0 Å². The summed E-state index contributed by atoms with van der Waals surface area (Å²) in [7, 11) is 0. The Morgan fingerprint density at radius 1 is 1.16 bits per heavy atom. The van der Waals surface area contributed by atoms with Crippen molar-refractivity contribution in [2.45, 2.75) is 20.0 Å². The van der Waals surface area contributed by atoms with Crippen LogP contribution in [0.4, 0.5) is 0 Å². The predicted octanol–water partition coefficient (Wildman–Crippen LogP) is 1.72. The van der Waals surface area contributed by atoms with Crippen molar-refractivity contribution >= 4 is 5.97 Å². The molecule has 4 heteroatoms. The van der Waals surface area contributed by atoms with Crippen LogP contribution in [0.25, 0.3) is 0 Å². The molecule has 0 aromatic heterocycles. The third-order valence-corrected chi connectivity index (χ3v) is 2.45. The standard InChI is InChI=1S/C10H13O3.C5H5.Fe/c1-7(13-8(2)12)10-5-3-4-9(10)6-11;1-2-4-5-3-1;/h3-5,7,11H,6H2,1-2H3;1-5H;/t7-;;/m0../s1. The first kappa shape index (κ1) is 18.9. The van der Waals surface area contributed by atoms with Gasteiger partial charge in [-0.25, -0.2) is 0 Å². The summed E-state index contributed by atoms with van der Waals surface area (Å²) in [6.45, 7) is 3.14. The second-order valence-corrected chi connectivity index (χ2v) is 3.88. The van der Waals surface area contributed by atoms with Gasteiger partial charge in [-0.2, -0.15) is 0 Å². The van der Waals surface area contributed by atoms with E-state index >= 15 is 0 Å². The van der Waals surface area contributed by atoms with Crippen LogP contribution in [0.5, 0.6) is 0 Å². The summed E-state index contributed by atoms with van der Waals surface area (Å²) >= 11 is 0. The van der Waals surface area contributed by atoms with Crippen molar-refractivity contribution in [1.82, 2.24) is 0 Å². The third kappa shape index (κ3) is 7.34. The fraction of sp³-hybridized carbons (Fsp3) is 0.267. The molecule has 0 saturated heterocycles. The summed E-state index contributed by atoms with van der Waals surface area (Å²) in [5.74, 6) is 1.38. The minimum atomic E-state index is -0.308. The first-order valence-corrected chi connectivity index (χ1v) is 5.84. The molecule has 10 radical (unpaired) electrons. The topological polar surface area (TPSA) is 46.5 Å². The number of aliphatic hydroxyl groups excluding tert-OH is 1. The molecule has 2 aliphatic rings. The van der Waals surface area contributed by atoms with Crippen molar-refractivity contribution in [2.24, 2.45) is 0 Å². The molecule has 3 nitrogen and oxygen atoms in total. The minimum Gasteiger partial charge on any atom is -0.462 e. The van der Waals surface area contributed by atoms with Gasteiger partial charge in [0.2, 0.25) is 0 Å². The number of rotatable bonds is 3. The Morgan fingerprint density at radius 2 is 1.68 bits per heavy atom. The molecule has 0 spiro atoms. The molecule has 0 aromatic rings. The van der Waals surface area contributed by atoms with Gasteiger partial charge in [-0.1, -0.05) is 0 Å². The maximum absolute atomic E-state index is 10.7. The number of carbonyl (C=O) groups is 1. The average molecular weight is 302 g/mol. The number of esters is 1. The molecular weight excluding hydrogens is 284 g/mol. The Hall–Kier alpha value is -0.0505. The average Bonchev–Trinajstić information content (AvgIpc) is 3.02. The van der Waals surface area contributed by atoms with Crippen LogP contribution in [0.3, 0.4) is 0 Å². The number of hydrogen-bond donors (Lipinski definition) is 1. The van der Waals surface area contributed by atoms with Gasteiger partial charge in [-0.05, 0) is 58.3 Å². The van der Waals surface area contributed by atoms with Gasteiger partial charge in [0, 0.05) is 35.8 Å². The summed E-state index contributed by atoms with van der Waals surface area (Å²) < 4.78 is 4.99. The van der Waals surface area contributed by atoms with E-state index in [1.54, 1.807) is 6.92 Å². The number of hydrogen-bond acceptors (Lipinski definition) is 3. The van der Waals surface area contributed by atoms with Crippen molar-refractivity contribution in [2.75, 3.05) is 6.61 Å². The van der Waals surface area contributed by atoms with E-state index in [4.69, 9.17) is 9.84 Å². The van der Waals surface area contributed by atoms with Gasteiger partial charge in [-0.15, -0.1) is 0 Å². The Bertz CT molecular complexity index is 234. The van der Waals surface area contributed by atoms with E-state index < -0.39 is 0 Å². The van der Waals surface area contributed by atoms with Crippen LogP contribution >= 0.6 is 0 Å². The number of aliphatic hydroxyl groups is 1. The van der Waals surface area contributed by atoms with Crippen molar-refractivity contribution in [1.29, 1.82) is 0 Å². The largest absolute Gasteiger partial charge is 0.462 e. The van der Waals surface area contributed by atoms with Crippen LogP contribution in [-0.4, -0.2) is 23.8 Å².